The van der Waals surface area contributed by atoms with Gasteiger partial charge in [0, 0.05) is 26.4 Å². The number of nitrogens with zero attached hydrogens (tertiary/aromatic N) is 2. The Morgan fingerprint density at radius 2 is 2.40 bits per heavy atom. The second-order valence-corrected chi connectivity index (χ2v) is 2.85. The third kappa shape index (κ3) is 4.42. The molecule has 0 saturated carbocycles. The average Bonchev–Trinajstić information content (AvgIpc) is 2.27. The highest BCUT2D eigenvalue weighted by molar-refractivity contribution is 5.39. The third-order valence-corrected chi connectivity index (χ3v) is 1.67. The standard InChI is InChI=1S/C10H16N4O/c1-3-5-11-9-4-6-12-10(14-9)13-7-8-15-2/h3-4,6H,1,5,7-8H2,2H3,(H2,11,12,13,14). The predicted octanol–water partition coefficient (Wildman–Crippen LogP) is 1.13. The molecule has 0 unspecified atom stereocenters. The molecule has 0 spiro atoms. The molecule has 2 N–H and O–H groups in total. The van der Waals surface area contributed by atoms with E-state index in [4.69, 9.17) is 4.74 Å². The van der Waals surface area contributed by atoms with E-state index in [1.807, 2.05) is 6.07 Å². The van der Waals surface area contributed by atoms with Crippen molar-refractivity contribution >= 4 is 11.8 Å². The Balaban J connectivity index is 2.46. The minimum Gasteiger partial charge on any atom is -0.383 e. The zero-order chi connectivity index (χ0) is 10.9. The van der Waals surface area contributed by atoms with E-state index in [-0.39, 0.29) is 0 Å². The van der Waals surface area contributed by atoms with Crippen molar-refractivity contribution in [2.24, 2.45) is 0 Å². The van der Waals surface area contributed by atoms with Gasteiger partial charge in [0.05, 0.1) is 6.61 Å². The molecule has 0 amide bonds. The van der Waals surface area contributed by atoms with E-state index in [1.54, 1.807) is 19.4 Å². The van der Waals surface area contributed by atoms with Gasteiger partial charge in [-0.15, -0.1) is 6.58 Å². The molecule has 1 aromatic rings. The van der Waals surface area contributed by atoms with Gasteiger partial charge in [-0.25, -0.2) is 4.98 Å². The summed E-state index contributed by atoms with van der Waals surface area (Å²) in [5, 5.41) is 6.13. The minimum atomic E-state index is 0.598. The van der Waals surface area contributed by atoms with Crippen LogP contribution in [0.25, 0.3) is 0 Å². The van der Waals surface area contributed by atoms with Crippen molar-refractivity contribution in [3.05, 3.63) is 24.9 Å². The van der Waals surface area contributed by atoms with Gasteiger partial charge in [-0.3, -0.25) is 0 Å². The van der Waals surface area contributed by atoms with Gasteiger partial charge in [0.15, 0.2) is 0 Å². The van der Waals surface area contributed by atoms with Gasteiger partial charge in [-0.1, -0.05) is 6.08 Å². The first-order chi connectivity index (χ1) is 7.36. The van der Waals surface area contributed by atoms with E-state index in [0.717, 1.165) is 5.82 Å². The van der Waals surface area contributed by atoms with Crippen LogP contribution in [0.1, 0.15) is 0 Å². The van der Waals surface area contributed by atoms with Crippen molar-refractivity contribution in [1.82, 2.24) is 9.97 Å². The Kier molecular flexibility index (Phi) is 5.18. The Morgan fingerprint density at radius 1 is 1.53 bits per heavy atom. The lowest BCUT2D eigenvalue weighted by Crippen LogP contribution is -2.11. The summed E-state index contributed by atoms with van der Waals surface area (Å²) in [6.45, 7) is 5.64. The van der Waals surface area contributed by atoms with Crippen LogP contribution in [-0.2, 0) is 4.74 Å². The van der Waals surface area contributed by atoms with Crippen molar-refractivity contribution < 1.29 is 4.74 Å². The summed E-state index contributed by atoms with van der Waals surface area (Å²) in [5.74, 6) is 1.38. The lowest BCUT2D eigenvalue weighted by atomic mass is 10.5. The highest BCUT2D eigenvalue weighted by atomic mass is 16.5. The largest absolute Gasteiger partial charge is 0.383 e. The molecule has 0 aliphatic carbocycles. The number of methoxy groups -OCH3 is 1. The Labute approximate surface area is 89.6 Å². The lowest BCUT2D eigenvalue weighted by Gasteiger charge is -2.06. The fourth-order valence-electron chi connectivity index (χ4n) is 0.984. The first kappa shape index (κ1) is 11.5. The number of hydrogen-bond acceptors (Lipinski definition) is 5. The number of aromatic nitrogens is 2. The smallest absolute Gasteiger partial charge is 0.224 e. The van der Waals surface area contributed by atoms with Crippen LogP contribution in [0.3, 0.4) is 0 Å². The molecule has 1 aromatic heterocycles. The van der Waals surface area contributed by atoms with E-state index in [9.17, 15) is 0 Å². The summed E-state index contributed by atoms with van der Waals surface area (Å²) in [6, 6.07) is 1.81. The number of nitrogens with one attached hydrogen (secondary N) is 2. The molecular weight excluding hydrogens is 192 g/mol. The SMILES string of the molecule is C=CCNc1ccnc(NCCOC)n1. The third-order valence-electron chi connectivity index (χ3n) is 1.67. The average molecular weight is 208 g/mol. The maximum Gasteiger partial charge on any atom is 0.224 e. The molecule has 0 fully saturated rings. The second kappa shape index (κ2) is 6.78. The fourth-order valence-corrected chi connectivity index (χ4v) is 0.984. The number of rotatable bonds is 7. The normalized spacial score (nSPS) is 9.67. The quantitative estimate of drug-likeness (QED) is 0.519. The minimum absolute atomic E-state index is 0.598. The zero-order valence-electron chi connectivity index (χ0n) is 8.86. The van der Waals surface area contributed by atoms with Crippen LogP contribution in [0, 0.1) is 0 Å². The van der Waals surface area contributed by atoms with Gasteiger partial charge < -0.3 is 15.4 Å². The molecule has 1 heterocycles. The van der Waals surface area contributed by atoms with E-state index < -0.39 is 0 Å². The van der Waals surface area contributed by atoms with Crippen molar-refractivity contribution in [3.63, 3.8) is 0 Å². The summed E-state index contributed by atoms with van der Waals surface area (Å²) in [5.41, 5.74) is 0. The molecule has 0 radical (unpaired) electrons. The molecule has 0 bridgehead atoms. The highest BCUT2D eigenvalue weighted by Crippen LogP contribution is 2.04. The highest BCUT2D eigenvalue weighted by Gasteiger charge is 1.96. The Bertz CT molecular complexity index is 303. The van der Waals surface area contributed by atoms with Crippen LogP contribution in [0.5, 0.6) is 0 Å². The van der Waals surface area contributed by atoms with Crippen LogP contribution < -0.4 is 10.6 Å². The topological polar surface area (TPSA) is 59.1 Å². The fraction of sp³-hybridized carbons (Fsp3) is 0.400. The van der Waals surface area contributed by atoms with Crippen LogP contribution >= 0.6 is 0 Å². The van der Waals surface area contributed by atoms with E-state index in [0.29, 0.717) is 25.6 Å². The van der Waals surface area contributed by atoms with E-state index in [1.165, 1.54) is 0 Å². The molecule has 0 saturated heterocycles. The first-order valence-corrected chi connectivity index (χ1v) is 4.77. The summed E-state index contributed by atoms with van der Waals surface area (Å²) in [7, 11) is 1.66. The molecule has 5 heteroatoms. The van der Waals surface area contributed by atoms with Crippen molar-refractivity contribution in [3.8, 4) is 0 Å². The summed E-state index contributed by atoms with van der Waals surface area (Å²) in [6.07, 6.45) is 3.48. The first-order valence-electron chi connectivity index (χ1n) is 4.77. The number of ether oxygens (including phenoxy) is 1. The van der Waals surface area contributed by atoms with E-state index >= 15 is 0 Å². The molecule has 0 aliphatic rings. The van der Waals surface area contributed by atoms with Gasteiger partial charge in [0.25, 0.3) is 0 Å². The maximum absolute atomic E-state index is 4.91. The molecule has 82 valence electrons. The van der Waals surface area contributed by atoms with Crippen molar-refractivity contribution in [2.45, 2.75) is 0 Å². The molecule has 0 atom stereocenters. The molecule has 0 aliphatic heterocycles. The van der Waals surface area contributed by atoms with Gasteiger partial charge in [-0.2, -0.15) is 4.98 Å². The van der Waals surface area contributed by atoms with E-state index in [2.05, 4.69) is 27.2 Å². The van der Waals surface area contributed by atoms with Crippen molar-refractivity contribution in [2.75, 3.05) is 37.4 Å². The monoisotopic (exact) mass is 208 g/mol. The van der Waals surface area contributed by atoms with Crippen LogP contribution in [0.4, 0.5) is 11.8 Å². The molecule has 15 heavy (non-hydrogen) atoms. The van der Waals surface area contributed by atoms with Gasteiger partial charge in [-0.05, 0) is 6.07 Å². The van der Waals surface area contributed by atoms with Gasteiger partial charge in [0.1, 0.15) is 5.82 Å². The number of hydrogen-bond donors (Lipinski definition) is 2. The Morgan fingerprint density at radius 3 is 3.13 bits per heavy atom. The molecule has 0 aromatic carbocycles. The molecule has 1 rings (SSSR count). The van der Waals surface area contributed by atoms with Crippen LogP contribution in [-0.4, -0.2) is 36.8 Å². The predicted molar refractivity (Wildman–Crippen MR) is 61.1 cm³/mol. The number of anilines is 2. The van der Waals surface area contributed by atoms with Crippen LogP contribution in [0.15, 0.2) is 24.9 Å². The second-order valence-electron chi connectivity index (χ2n) is 2.85. The summed E-state index contributed by atoms with van der Waals surface area (Å²) < 4.78 is 4.91. The molecule has 5 nitrogen and oxygen atoms in total. The van der Waals surface area contributed by atoms with Gasteiger partial charge in [0.2, 0.25) is 5.95 Å². The van der Waals surface area contributed by atoms with Crippen molar-refractivity contribution in [1.29, 1.82) is 0 Å². The maximum atomic E-state index is 4.91. The summed E-state index contributed by atoms with van der Waals surface area (Å²) >= 11 is 0. The van der Waals surface area contributed by atoms with Gasteiger partial charge >= 0.3 is 0 Å². The van der Waals surface area contributed by atoms with Crippen LogP contribution in [0.2, 0.25) is 0 Å². The lowest BCUT2D eigenvalue weighted by molar-refractivity contribution is 0.210. The Hall–Kier alpha value is -1.62. The zero-order valence-corrected chi connectivity index (χ0v) is 8.86. The molecular formula is C10H16N4O. The summed E-state index contributed by atoms with van der Waals surface area (Å²) in [4.78, 5) is 8.32.